The van der Waals surface area contributed by atoms with E-state index >= 15 is 0 Å². The summed E-state index contributed by atoms with van der Waals surface area (Å²) in [4.78, 5) is 14.6. The summed E-state index contributed by atoms with van der Waals surface area (Å²) in [7, 11) is -3.60. The largest absolute Gasteiger partial charge is 0.383 e. The maximum Gasteiger partial charge on any atom is 0.306 e. The van der Waals surface area contributed by atoms with Crippen LogP contribution in [-0.2, 0) is 10.1 Å². The second-order valence-corrected chi connectivity index (χ2v) is 7.09. The van der Waals surface area contributed by atoms with Crippen LogP contribution in [0.2, 0.25) is 0 Å². The third-order valence-corrected chi connectivity index (χ3v) is 4.23. The number of benzene rings is 2. The molecule has 1 saturated heterocycles. The highest BCUT2D eigenvalue weighted by Crippen LogP contribution is 2.26. The van der Waals surface area contributed by atoms with Crippen LogP contribution in [-0.4, -0.2) is 51.7 Å². The molecule has 0 aromatic heterocycles. The van der Waals surface area contributed by atoms with E-state index in [1.54, 1.807) is 29.2 Å². The molecule has 3 rings (SSSR count). The summed E-state index contributed by atoms with van der Waals surface area (Å²) in [6.07, 6.45) is 0.995. The van der Waals surface area contributed by atoms with Crippen LogP contribution >= 0.6 is 0 Å². The van der Waals surface area contributed by atoms with E-state index in [1.165, 1.54) is 0 Å². The van der Waals surface area contributed by atoms with Gasteiger partial charge in [0.05, 0.1) is 6.26 Å². The average Bonchev–Trinajstić information content (AvgIpc) is 2.53. The number of hydrogen-bond donors (Lipinski definition) is 1. The smallest absolute Gasteiger partial charge is 0.306 e. The van der Waals surface area contributed by atoms with Gasteiger partial charge >= 0.3 is 10.1 Å². The topological polar surface area (TPSA) is 75.7 Å². The number of carbonyl (C=O) groups is 1. The van der Waals surface area contributed by atoms with E-state index in [-0.39, 0.29) is 11.7 Å². The first-order valence-electron chi connectivity index (χ1n) is 7.36. The van der Waals surface area contributed by atoms with Crippen molar-refractivity contribution < 1.29 is 17.4 Å². The molecule has 0 aliphatic carbocycles. The van der Waals surface area contributed by atoms with Crippen LogP contribution in [0, 0.1) is 0 Å². The highest BCUT2D eigenvalue weighted by molar-refractivity contribution is 7.86. The predicted octanol–water partition coefficient (Wildman–Crippen LogP) is 1.22. The van der Waals surface area contributed by atoms with Gasteiger partial charge in [-0.2, -0.15) is 8.42 Å². The summed E-state index contributed by atoms with van der Waals surface area (Å²) in [6.45, 7) is 2.88. The monoisotopic (exact) mass is 334 g/mol. The van der Waals surface area contributed by atoms with Crippen molar-refractivity contribution in [2.75, 3.05) is 32.4 Å². The van der Waals surface area contributed by atoms with Gasteiger partial charge in [0.25, 0.3) is 5.91 Å². The van der Waals surface area contributed by atoms with E-state index < -0.39 is 10.1 Å². The predicted molar refractivity (Wildman–Crippen MR) is 88.2 cm³/mol. The van der Waals surface area contributed by atoms with E-state index in [0.29, 0.717) is 24.0 Å². The zero-order valence-corrected chi connectivity index (χ0v) is 13.6. The Morgan fingerprint density at radius 2 is 1.91 bits per heavy atom. The molecular formula is C16H18N2O4S. The molecular weight excluding hydrogens is 316 g/mol. The maximum absolute atomic E-state index is 12.7. The number of rotatable bonds is 3. The molecule has 1 heterocycles. The molecule has 7 heteroatoms. The molecule has 0 bridgehead atoms. The van der Waals surface area contributed by atoms with Crippen LogP contribution < -0.4 is 9.50 Å². The Bertz CT molecular complexity index is 842. The van der Waals surface area contributed by atoms with Gasteiger partial charge in [0, 0.05) is 31.7 Å². The minimum Gasteiger partial charge on any atom is -0.383 e. The van der Waals surface area contributed by atoms with Crippen molar-refractivity contribution >= 4 is 26.8 Å². The zero-order valence-electron chi connectivity index (χ0n) is 12.8. The molecule has 0 atom stereocenters. The molecule has 122 valence electrons. The Kier molecular flexibility index (Phi) is 4.23. The fourth-order valence-electron chi connectivity index (χ4n) is 2.70. The Morgan fingerprint density at radius 3 is 2.61 bits per heavy atom. The number of nitrogens with one attached hydrogen (secondary N) is 1. The summed E-state index contributed by atoms with van der Waals surface area (Å²) < 4.78 is 27.5. The van der Waals surface area contributed by atoms with Gasteiger partial charge < -0.3 is 14.4 Å². The number of piperazine rings is 1. The average molecular weight is 334 g/mol. The molecule has 1 aliphatic heterocycles. The van der Waals surface area contributed by atoms with Crippen LogP contribution in [0.3, 0.4) is 0 Å². The Balaban J connectivity index is 2.02. The van der Waals surface area contributed by atoms with Gasteiger partial charge in [0.2, 0.25) is 0 Å². The van der Waals surface area contributed by atoms with Crippen molar-refractivity contribution in [2.24, 2.45) is 0 Å². The second-order valence-electron chi connectivity index (χ2n) is 5.52. The highest BCUT2D eigenvalue weighted by Gasteiger charge is 2.20. The van der Waals surface area contributed by atoms with E-state index in [0.717, 1.165) is 24.7 Å². The lowest BCUT2D eigenvalue weighted by Gasteiger charge is -2.27. The van der Waals surface area contributed by atoms with Gasteiger partial charge in [-0.15, -0.1) is 0 Å². The van der Waals surface area contributed by atoms with E-state index in [4.69, 9.17) is 4.18 Å². The van der Waals surface area contributed by atoms with Crippen molar-refractivity contribution in [3.8, 4) is 5.75 Å². The molecule has 1 aliphatic rings. The maximum atomic E-state index is 12.7. The number of nitrogens with zero attached hydrogens (tertiary/aromatic N) is 1. The summed E-state index contributed by atoms with van der Waals surface area (Å²) in [5.74, 6) is 0.161. The lowest BCUT2D eigenvalue weighted by Crippen LogP contribution is -2.46. The fourth-order valence-corrected chi connectivity index (χ4v) is 3.16. The molecule has 2 aromatic rings. The first-order chi connectivity index (χ1) is 10.9. The van der Waals surface area contributed by atoms with Crippen molar-refractivity contribution in [1.29, 1.82) is 0 Å². The fraction of sp³-hybridized carbons (Fsp3) is 0.312. The Hall–Kier alpha value is -2.12. The van der Waals surface area contributed by atoms with Crippen molar-refractivity contribution in [3.63, 3.8) is 0 Å². The van der Waals surface area contributed by atoms with Crippen molar-refractivity contribution in [1.82, 2.24) is 10.2 Å². The third kappa shape index (κ3) is 3.62. The molecule has 1 amide bonds. The molecule has 2 aromatic carbocycles. The molecule has 23 heavy (non-hydrogen) atoms. The second kappa shape index (κ2) is 6.17. The normalized spacial score (nSPS) is 15.6. The molecule has 0 saturated carbocycles. The lowest BCUT2D eigenvalue weighted by molar-refractivity contribution is 0.0738. The first-order valence-corrected chi connectivity index (χ1v) is 9.18. The minimum atomic E-state index is -3.60. The molecule has 0 radical (unpaired) electrons. The van der Waals surface area contributed by atoms with Gasteiger partial charge in [0.15, 0.2) is 0 Å². The number of amides is 1. The minimum absolute atomic E-state index is 0.0476. The van der Waals surface area contributed by atoms with Crippen LogP contribution in [0.1, 0.15) is 10.4 Å². The van der Waals surface area contributed by atoms with Crippen molar-refractivity contribution in [2.45, 2.75) is 0 Å². The summed E-state index contributed by atoms with van der Waals surface area (Å²) in [5.41, 5.74) is 0.559. The van der Waals surface area contributed by atoms with E-state index in [2.05, 4.69) is 5.32 Å². The van der Waals surface area contributed by atoms with Crippen LogP contribution in [0.4, 0.5) is 0 Å². The third-order valence-electron chi connectivity index (χ3n) is 3.74. The standard InChI is InChI=1S/C16H18N2O4S/c1-23(20,21)22-13-6-5-12-3-2-4-14(15(12)11-13)16(19)18-9-7-17-8-10-18/h2-6,11,17H,7-10H2,1H3. The number of hydrogen-bond acceptors (Lipinski definition) is 5. The lowest BCUT2D eigenvalue weighted by atomic mass is 10.0. The van der Waals surface area contributed by atoms with Crippen LogP contribution in [0.15, 0.2) is 36.4 Å². The quantitative estimate of drug-likeness (QED) is 0.854. The molecule has 0 unspecified atom stereocenters. The number of fused-ring (bicyclic) bond motifs is 1. The van der Waals surface area contributed by atoms with Gasteiger partial charge in [-0.1, -0.05) is 18.2 Å². The zero-order chi connectivity index (χ0) is 16.4. The van der Waals surface area contributed by atoms with Crippen LogP contribution in [0.5, 0.6) is 5.75 Å². The van der Waals surface area contributed by atoms with Gasteiger partial charge in [-0.05, 0) is 29.0 Å². The summed E-state index contributed by atoms with van der Waals surface area (Å²) >= 11 is 0. The van der Waals surface area contributed by atoms with Crippen LogP contribution in [0.25, 0.3) is 10.8 Å². The Labute approximate surface area is 135 Å². The van der Waals surface area contributed by atoms with Crippen molar-refractivity contribution in [3.05, 3.63) is 42.0 Å². The van der Waals surface area contributed by atoms with Gasteiger partial charge in [-0.3, -0.25) is 4.79 Å². The van der Waals surface area contributed by atoms with Gasteiger partial charge in [0.1, 0.15) is 5.75 Å². The Morgan fingerprint density at radius 1 is 1.17 bits per heavy atom. The summed E-state index contributed by atoms with van der Waals surface area (Å²) in [5, 5.41) is 4.77. The summed E-state index contributed by atoms with van der Waals surface area (Å²) in [6, 6.07) is 10.4. The van der Waals surface area contributed by atoms with E-state index in [1.807, 2.05) is 12.1 Å². The van der Waals surface area contributed by atoms with Gasteiger partial charge in [-0.25, -0.2) is 0 Å². The SMILES string of the molecule is CS(=O)(=O)Oc1ccc2cccc(C(=O)N3CCNCC3)c2c1. The molecule has 6 nitrogen and oxygen atoms in total. The highest BCUT2D eigenvalue weighted by atomic mass is 32.2. The first kappa shape index (κ1) is 15.8. The van der Waals surface area contributed by atoms with E-state index in [9.17, 15) is 13.2 Å². The molecule has 1 N–H and O–H groups in total. The molecule has 0 spiro atoms. The number of carbonyl (C=O) groups excluding carboxylic acids is 1. The molecule has 1 fully saturated rings.